The van der Waals surface area contributed by atoms with E-state index in [2.05, 4.69) is 181 Å². The average Bonchev–Trinajstić information content (AvgIpc) is 3.45. The molecule has 0 amide bonds. The number of fused-ring (bicyclic) bond motifs is 5. The van der Waals surface area contributed by atoms with Crippen molar-refractivity contribution in [3.05, 3.63) is 204 Å². The molecule has 1 aliphatic carbocycles. The number of nitrogens with zero attached hydrogens (tertiary/aromatic N) is 2. The van der Waals surface area contributed by atoms with Crippen molar-refractivity contribution in [1.82, 2.24) is 4.98 Å². The van der Waals surface area contributed by atoms with Crippen molar-refractivity contribution < 1.29 is 0 Å². The van der Waals surface area contributed by atoms with E-state index in [1.807, 2.05) is 6.20 Å². The second-order valence-corrected chi connectivity index (χ2v) is 12.7. The van der Waals surface area contributed by atoms with Crippen molar-refractivity contribution in [2.45, 2.75) is 5.41 Å². The van der Waals surface area contributed by atoms with E-state index in [-0.39, 0.29) is 0 Å². The molecule has 2 nitrogen and oxygen atoms in total. The molecule has 2 heteroatoms. The predicted octanol–water partition coefficient (Wildman–Crippen LogP) is 11.7. The van der Waals surface area contributed by atoms with Gasteiger partial charge in [0, 0.05) is 17.1 Å². The molecule has 224 valence electrons. The van der Waals surface area contributed by atoms with E-state index in [0.29, 0.717) is 0 Å². The van der Waals surface area contributed by atoms with Crippen LogP contribution in [0.15, 0.2) is 182 Å². The first kappa shape index (κ1) is 26.9. The number of anilines is 3. The van der Waals surface area contributed by atoms with Gasteiger partial charge in [-0.15, -0.1) is 0 Å². The second kappa shape index (κ2) is 10.4. The van der Waals surface area contributed by atoms with Crippen LogP contribution in [-0.2, 0) is 5.41 Å². The minimum absolute atomic E-state index is 0.489. The van der Waals surface area contributed by atoms with Gasteiger partial charge in [-0.2, -0.15) is 0 Å². The highest BCUT2D eigenvalue weighted by atomic mass is 15.2. The Bertz CT molecular complexity index is 2460. The van der Waals surface area contributed by atoms with Crippen LogP contribution in [0.4, 0.5) is 17.2 Å². The summed E-state index contributed by atoms with van der Waals surface area (Å²) in [5, 5.41) is 2.48. The average molecular weight is 611 g/mol. The Kier molecular flexibility index (Phi) is 5.82. The monoisotopic (exact) mass is 610 g/mol. The standard InChI is InChI=1S/C46H30N2/c1-4-14-31(15-5-1)33-26-27-47-44(28-33)48-42-25-13-17-32-16-12-23-37(45(32)42)39-29-38-36-22-10-11-24-40(36)46(41(38)30-43(39)48,34-18-6-2-7-19-34)35-20-8-3-9-21-35/h1-30H. The van der Waals surface area contributed by atoms with Gasteiger partial charge in [0.25, 0.3) is 0 Å². The van der Waals surface area contributed by atoms with Gasteiger partial charge >= 0.3 is 0 Å². The third kappa shape index (κ3) is 3.72. The molecule has 0 bridgehead atoms. The number of aromatic nitrogens is 1. The number of pyridine rings is 1. The third-order valence-corrected chi connectivity index (χ3v) is 10.3. The molecule has 0 radical (unpaired) electrons. The molecular weight excluding hydrogens is 581 g/mol. The lowest BCUT2D eigenvalue weighted by molar-refractivity contribution is 0.768. The number of benzene rings is 7. The highest BCUT2D eigenvalue weighted by Crippen LogP contribution is 2.60. The zero-order chi connectivity index (χ0) is 31.7. The van der Waals surface area contributed by atoms with E-state index in [1.165, 1.54) is 60.8 Å². The largest absolute Gasteiger partial charge is 0.294 e. The molecule has 0 saturated carbocycles. The molecule has 2 heterocycles. The van der Waals surface area contributed by atoms with Crippen LogP contribution in [-0.4, -0.2) is 4.98 Å². The Morgan fingerprint density at radius 3 is 1.81 bits per heavy atom. The first-order valence-corrected chi connectivity index (χ1v) is 16.6. The summed E-state index contributed by atoms with van der Waals surface area (Å²) in [7, 11) is 0. The van der Waals surface area contributed by atoms with Crippen LogP contribution in [0.5, 0.6) is 0 Å². The van der Waals surface area contributed by atoms with Crippen LogP contribution in [0.25, 0.3) is 44.2 Å². The van der Waals surface area contributed by atoms with Gasteiger partial charge in [0.05, 0.1) is 16.8 Å². The molecule has 0 fully saturated rings. The molecule has 10 rings (SSSR count). The molecule has 0 N–H and O–H groups in total. The van der Waals surface area contributed by atoms with E-state index in [9.17, 15) is 0 Å². The molecule has 7 aromatic carbocycles. The van der Waals surface area contributed by atoms with Crippen LogP contribution in [0, 0.1) is 0 Å². The summed E-state index contributed by atoms with van der Waals surface area (Å²) in [6.45, 7) is 0. The summed E-state index contributed by atoms with van der Waals surface area (Å²) < 4.78 is 0. The first-order valence-electron chi connectivity index (χ1n) is 16.6. The zero-order valence-electron chi connectivity index (χ0n) is 26.2. The Labute approximate surface area is 280 Å². The normalized spacial score (nSPS) is 13.5. The van der Waals surface area contributed by atoms with Crippen LogP contribution in [0.2, 0.25) is 0 Å². The van der Waals surface area contributed by atoms with Gasteiger partial charge in [-0.3, -0.25) is 4.90 Å². The van der Waals surface area contributed by atoms with Crippen LogP contribution in [0.3, 0.4) is 0 Å². The lowest BCUT2D eigenvalue weighted by atomic mass is 9.67. The molecule has 1 aliphatic heterocycles. The van der Waals surface area contributed by atoms with Crippen LogP contribution in [0.1, 0.15) is 22.3 Å². The van der Waals surface area contributed by atoms with Gasteiger partial charge in [-0.25, -0.2) is 4.98 Å². The van der Waals surface area contributed by atoms with Gasteiger partial charge < -0.3 is 0 Å². The summed E-state index contributed by atoms with van der Waals surface area (Å²) >= 11 is 0. The predicted molar refractivity (Wildman–Crippen MR) is 198 cm³/mol. The third-order valence-electron chi connectivity index (χ3n) is 10.3. The second-order valence-electron chi connectivity index (χ2n) is 12.7. The fraction of sp³-hybridized carbons (Fsp3) is 0.0217. The van der Waals surface area contributed by atoms with Crippen molar-refractivity contribution in [2.24, 2.45) is 0 Å². The van der Waals surface area contributed by atoms with Gasteiger partial charge in [0.15, 0.2) is 0 Å². The summed E-state index contributed by atoms with van der Waals surface area (Å²) in [6.07, 6.45) is 1.94. The minimum atomic E-state index is -0.489. The van der Waals surface area contributed by atoms with E-state index < -0.39 is 5.41 Å². The van der Waals surface area contributed by atoms with Crippen molar-refractivity contribution in [2.75, 3.05) is 4.90 Å². The molecule has 0 unspecified atom stereocenters. The maximum Gasteiger partial charge on any atom is 0.138 e. The Hall–Kier alpha value is -6.25. The lowest BCUT2D eigenvalue weighted by Gasteiger charge is -2.37. The van der Waals surface area contributed by atoms with Gasteiger partial charge in [0.2, 0.25) is 0 Å². The fourth-order valence-corrected chi connectivity index (χ4v) is 8.34. The van der Waals surface area contributed by atoms with E-state index in [0.717, 1.165) is 22.8 Å². The first-order chi connectivity index (χ1) is 23.8. The van der Waals surface area contributed by atoms with Gasteiger partial charge in [-0.05, 0) is 85.8 Å². The fourth-order valence-electron chi connectivity index (χ4n) is 8.34. The summed E-state index contributed by atoms with van der Waals surface area (Å²) in [5.41, 5.74) is 14.3. The SMILES string of the molecule is c1ccc(-c2ccnc(N3c4cc5c(cc4-c4cccc6cccc3c46)-c3ccccc3C5(c3ccccc3)c3ccccc3)c2)cc1. The van der Waals surface area contributed by atoms with Gasteiger partial charge in [0.1, 0.15) is 5.82 Å². The summed E-state index contributed by atoms with van der Waals surface area (Å²) in [6, 6.07) is 64.2. The highest BCUT2D eigenvalue weighted by Gasteiger charge is 2.47. The highest BCUT2D eigenvalue weighted by molar-refractivity contribution is 6.14. The topological polar surface area (TPSA) is 16.1 Å². The van der Waals surface area contributed by atoms with Gasteiger partial charge in [-0.1, -0.05) is 146 Å². The Balaban J connectivity index is 1.33. The molecule has 0 spiro atoms. The number of rotatable bonds is 4. The van der Waals surface area contributed by atoms with Crippen molar-refractivity contribution in [3.8, 4) is 33.4 Å². The Morgan fingerprint density at radius 1 is 0.417 bits per heavy atom. The minimum Gasteiger partial charge on any atom is -0.294 e. The molecule has 2 aliphatic rings. The smallest absolute Gasteiger partial charge is 0.138 e. The number of hydrogen-bond donors (Lipinski definition) is 0. The maximum absolute atomic E-state index is 5.06. The van der Waals surface area contributed by atoms with Crippen molar-refractivity contribution >= 4 is 28.0 Å². The molecular formula is C46H30N2. The molecule has 8 aromatic rings. The maximum atomic E-state index is 5.06. The molecule has 1 aromatic heterocycles. The molecule has 0 saturated heterocycles. The van der Waals surface area contributed by atoms with E-state index in [1.54, 1.807) is 0 Å². The molecule has 48 heavy (non-hydrogen) atoms. The summed E-state index contributed by atoms with van der Waals surface area (Å²) in [5.74, 6) is 0.903. The van der Waals surface area contributed by atoms with E-state index >= 15 is 0 Å². The van der Waals surface area contributed by atoms with Crippen LogP contribution < -0.4 is 4.90 Å². The van der Waals surface area contributed by atoms with Crippen molar-refractivity contribution in [3.63, 3.8) is 0 Å². The molecule has 0 atom stereocenters. The lowest BCUT2D eigenvalue weighted by Crippen LogP contribution is -2.29. The quantitative estimate of drug-likeness (QED) is 0.197. The van der Waals surface area contributed by atoms with Crippen molar-refractivity contribution in [1.29, 1.82) is 0 Å². The van der Waals surface area contributed by atoms with Crippen LogP contribution >= 0.6 is 0 Å². The Morgan fingerprint density at radius 2 is 1.06 bits per heavy atom. The summed E-state index contributed by atoms with van der Waals surface area (Å²) in [4.78, 5) is 7.45. The number of hydrogen-bond acceptors (Lipinski definition) is 2. The zero-order valence-corrected chi connectivity index (χ0v) is 26.2. The van der Waals surface area contributed by atoms with E-state index in [4.69, 9.17) is 4.98 Å².